The lowest BCUT2D eigenvalue weighted by Crippen LogP contribution is -2.17. The highest BCUT2D eigenvalue weighted by Gasteiger charge is 2.08. The van der Waals surface area contributed by atoms with Crippen LogP contribution in [0.1, 0.15) is 22.5 Å². The Morgan fingerprint density at radius 2 is 1.94 bits per heavy atom. The Hall–Kier alpha value is -2.41. The predicted molar refractivity (Wildman–Crippen MR) is 68.8 cm³/mol. The molecule has 0 aliphatic carbocycles. The number of rotatable bonds is 1. The fourth-order valence-corrected chi connectivity index (χ4v) is 1.82. The van der Waals surface area contributed by atoms with Gasteiger partial charge in [0.1, 0.15) is 6.07 Å². The van der Waals surface area contributed by atoms with E-state index in [1.165, 1.54) is 6.07 Å². The molecule has 0 amide bonds. The summed E-state index contributed by atoms with van der Waals surface area (Å²) < 4.78 is 1.64. The maximum atomic E-state index is 11.5. The van der Waals surface area contributed by atoms with E-state index in [0.717, 1.165) is 16.8 Å². The first kappa shape index (κ1) is 12.1. The summed E-state index contributed by atoms with van der Waals surface area (Å²) in [6, 6.07) is 9.26. The van der Waals surface area contributed by atoms with Gasteiger partial charge in [-0.25, -0.2) is 4.68 Å². The van der Waals surface area contributed by atoms with Gasteiger partial charge in [-0.1, -0.05) is 12.1 Å². The Morgan fingerprint density at radius 3 is 2.61 bits per heavy atom. The molecular weight excluding hydrogens is 226 g/mol. The second-order valence-corrected chi connectivity index (χ2v) is 4.31. The molecule has 1 aromatic carbocycles. The first-order chi connectivity index (χ1) is 8.52. The first-order valence-electron chi connectivity index (χ1n) is 5.61. The van der Waals surface area contributed by atoms with Crippen molar-refractivity contribution >= 4 is 0 Å². The van der Waals surface area contributed by atoms with Crippen molar-refractivity contribution in [1.82, 2.24) is 9.78 Å². The highest BCUT2D eigenvalue weighted by molar-refractivity contribution is 5.43. The summed E-state index contributed by atoms with van der Waals surface area (Å²) in [6.07, 6.45) is 0. The van der Waals surface area contributed by atoms with Gasteiger partial charge in [-0.2, -0.15) is 10.4 Å². The fraction of sp³-hybridized carbons (Fsp3) is 0.214. The minimum atomic E-state index is -0.337. The number of nitrogens with zero attached hydrogens (tertiary/aromatic N) is 3. The van der Waals surface area contributed by atoms with Crippen LogP contribution in [0.2, 0.25) is 0 Å². The lowest BCUT2D eigenvalue weighted by atomic mass is 10.1. The molecule has 0 saturated carbocycles. The summed E-state index contributed by atoms with van der Waals surface area (Å²) in [6.45, 7) is 5.77. The van der Waals surface area contributed by atoms with Crippen LogP contribution < -0.4 is 5.43 Å². The number of benzene rings is 1. The van der Waals surface area contributed by atoms with Crippen molar-refractivity contribution in [3.8, 4) is 11.8 Å². The third kappa shape index (κ3) is 2.03. The van der Waals surface area contributed by atoms with Gasteiger partial charge in [0.25, 0.3) is 0 Å². The van der Waals surface area contributed by atoms with Crippen molar-refractivity contribution in [2.24, 2.45) is 0 Å². The average Bonchev–Trinajstić information content (AvgIpc) is 2.33. The van der Waals surface area contributed by atoms with Gasteiger partial charge in [0.15, 0.2) is 0 Å². The van der Waals surface area contributed by atoms with Crippen LogP contribution in [-0.4, -0.2) is 9.78 Å². The molecule has 0 aliphatic heterocycles. The molecule has 0 bridgehead atoms. The van der Waals surface area contributed by atoms with Gasteiger partial charge in [-0.3, -0.25) is 4.79 Å². The molecule has 0 saturated heterocycles. The van der Waals surface area contributed by atoms with Crippen molar-refractivity contribution < 1.29 is 0 Å². The van der Waals surface area contributed by atoms with Crippen LogP contribution in [0, 0.1) is 32.1 Å². The van der Waals surface area contributed by atoms with Gasteiger partial charge in [-0.05, 0) is 38.0 Å². The number of aromatic nitrogens is 2. The Bertz CT molecular complexity index is 708. The molecule has 0 fully saturated rings. The van der Waals surface area contributed by atoms with Crippen LogP contribution in [0.4, 0.5) is 0 Å². The monoisotopic (exact) mass is 239 g/mol. The van der Waals surface area contributed by atoms with E-state index in [4.69, 9.17) is 5.26 Å². The highest BCUT2D eigenvalue weighted by Crippen LogP contribution is 2.16. The molecule has 1 aromatic heterocycles. The van der Waals surface area contributed by atoms with E-state index in [0.29, 0.717) is 5.69 Å². The van der Waals surface area contributed by atoms with Crippen molar-refractivity contribution in [1.29, 1.82) is 5.26 Å². The van der Waals surface area contributed by atoms with Gasteiger partial charge < -0.3 is 0 Å². The van der Waals surface area contributed by atoms with E-state index in [2.05, 4.69) is 5.10 Å². The summed E-state index contributed by atoms with van der Waals surface area (Å²) in [5.74, 6) is 0. The van der Waals surface area contributed by atoms with Crippen molar-refractivity contribution in [3.63, 3.8) is 0 Å². The van der Waals surface area contributed by atoms with Crippen molar-refractivity contribution in [2.75, 3.05) is 0 Å². The predicted octanol–water partition coefficient (Wildman–Crippen LogP) is 2.03. The lowest BCUT2D eigenvalue weighted by Gasteiger charge is -2.12. The van der Waals surface area contributed by atoms with Crippen LogP contribution >= 0.6 is 0 Å². The zero-order chi connectivity index (χ0) is 13.3. The Labute approximate surface area is 105 Å². The molecule has 0 atom stereocenters. The third-order valence-corrected chi connectivity index (χ3v) is 2.81. The minimum absolute atomic E-state index is 0.0819. The van der Waals surface area contributed by atoms with Gasteiger partial charge in [-0.15, -0.1) is 0 Å². The van der Waals surface area contributed by atoms with E-state index in [1.807, 2.05) is 38.1 Å². The molecule has 0 N–H and O–H groups in total. The molecule has 2 rings (SSSR count). The summed E-state index contributed by atoms with van der Waals surface area (Å²) in [5, 5.41) is 13.0. The smallest absolute Gasteiger partial charge is 0.218 e. The maximum Gasteiger partial charge on any atom is 0.218 e. The largest absolute Gasteiger partial charge is 0.287 e. The van der Waals surface area contributed by atoms with Crippen LogP contribution in [0.15, 0.2) is 29.1 Å². The van der Waals surface area contributed by atoms with E-state index >= 15 is 0 Å². The Balaban J connectivity index is 2.75. The van der Waals surface area contributed by atoms with E-state index in [1.54, 1.807) is 11.6 Å². The zero-order valence-electron chi connectivity index (χ0n) is 10.6. The van der Waals surface area contributed by atoms with Crippen LogP contribution in [0.25, 0.3) is 5.69 Å². The quantitative estimate of drug-likeness (QED) is 0.765. The Morgan fingerprint density at radius 1 is 1.22 bits per heavy atom. The summed E-state index contributed by atoms with van der Waals surface area (Å²) in [4.78, 5) is 11.5. The molecule has 4 heteroatoms. The van der Waals surface area contributed by atoms with Gasteiger partial charge in [0.05, 0.1) is 5.69 Å². The zero-order valence-corrected chi connectivity index (χ0v) is 10.6. The van der Waals surface area contributed by atoms with Gasteiger partial charge in [0.2, 0.25) is 11.1 Å². The standard InChI is InChI=1S/C14H13N3O/c1-9-4-5-10(2)13(6-9)17-11(3)7-14(18)12(8-15)16-17/h4-7H,1-3H3. The molecule has 1 heterocycles. The normalized spacial score (nSPS) is 10.1. The molecule has 90 valence electrons. The Kier molecular flexibility index (Phi) is 2.99. The van der Waals surface area contributed by atoms with Gasteiger partial charge in [0, 0.05) is 11.8 Å². The number of hydrogen-bond donors (Lipinski definition) is 0. The van der Waals surface area contributed by atoms with Crippen molar-refractivity contribution in [2.45, 2.75) is 20.8 Å². The topological polar surface area (TPSA) is 58.7 Å². The summed E-state index contributed by atoms with van der Waals surface area (Å²) >= 11 is 0. The molecule has 2 aromatic rings. The molecule has 0 aliphatic rings. The second-order valence-electron chi connectivity index (χ2n) is 4.31. The number of aryl methyl sites for hydroxylation is 3. The number of hydrogen-bond acceptors (Lipinski definition) is 3. The van der Waals surface area contributed by atoms with Crippen LogP contribution in [0.3, 0.4) is 0 Å². The van der Waals surface area contributed by atoms with E-state index in [9.17, 15) is 4.79 Å². The van der Waals surface area contributed by atoms with E-state index < -0.39 is 0 Å². The molecule has 4 nitrogen and oxygen atoms in total. The average molecular weight is 239 g/mol. The summed E-state index contributed by atoms with van der Waals surface area (Å²) in [5.41, 5.74) is 3.34. The molecule has 0 spiro atoms. The second kappa shape index (κ2) is 4.46. The fourth-order valence-electron chi connectivity index (χ4n) is 1.82. The third-order valence-electron chi connectivity index (χ3n) is 2.81. The summed E-state index contributed by atoms with van der Waals surface area (Å²) in [7, 11) is 0. The van der Waals surface area contributed by atoms with Crippen LogP contribution in [-0.2, 0) is 0 Å². The van der Waals surface area contributed by atoms with Crippen LogP contribution in [0.5, 0.6) is 0 Å². The minimum Gasteiger partial charge on any atom is -0.287 e. The maximum absolute atomic E-state index is 11.5. The van der Waals surface area contributed by atoms with E-state index in [-0.39, 0.29) is 11.1 Å². The highest BCUT2D eigenvalue weighted by atomic mass is 16.1. The van der Waals surface area contributed by atoms with Crippen molar-refractivity contribution in [3.05, 3.63) is 57.0 Å². The molecule has 18 heavy (non-hydrogen) atoms. The number of nitriles is 1. The SMILES string of the molecule is Cc1ccc(C)c(-n2nc(C#N)c(=O)cc2C)c1. The molecule has 0 radical (unpaired) electrons. The van der Waals surface area contributed by atoms with Gasteiger partial charge >= 0.3 is 0 Å². The first-order valence-corrected chi connectivity index (χ1v) is 5.61. The molecular formula is C14H13N3O. The molecule has 0 unspecified atom stereocenters. The lowest BCUT2D eigenvalue weighted by molar-refractivity contribution is 0.784.